The maximum atomic E-state index is 3.83. The fraction of sp³-hybridized carbons (Fsp3) is 0.739. The Morgan fingerprint density at radius 2 is 1.62 bits per heavy atom. The lowest BCUT2D eigenvalue weighted by Crippen LogP contribution is -2.35. The van der Waals surface area contributed by atoms with E-state index in [1.54, 1.807) is 0 Å². The molecule has 0 fully saturated rings. The molecule has 2 unspecified atom stereocenters. The summed E-state index contributed by atoms with van der Waals surface area (Å²) in [5.41, 5.74) is 3.42. The van der Waals surface area contributed by atoms with Crippen molar-refractivity contribution in [3.63, 3.8) is 0 Å². The Kier molecular flexibility index (Phi) is 20.2. The predicted octanol–water partition coefficient (Wildman–Crippen LogP) is 6.87. The van der Waals surface area contributed by atoms with Crippen molar-refractivity contribution in [2.24, 2.45) is 5.92 Å². The van der Waals surface area contributed by atoms with Crippen molar-refractivity contribution in [3.05, 3.63) is 37.1 Å². The first-order valence-electron chi connectivity index (χ1n) is 10.9. The second-order valence-electron chi connectivity index (χ2n) is 7.21. The third-order valence-corrected chi connectivity index (χ3v) is 4.89. The molecule has 0 spiro atoms. The van der Waals surface area contributed by atoms with Crippen molar-refractivity contribution in [1.82, 2.24) is 10.4 Å². The summed E-state index contributed by atoms with van der Waals surface area (Å²) in [6.45, 7) is 10.4. The molecule has 0 heterocycles. The largest absolute Gasteiger partial charge is 0.316 e. The third-order valence-electron chi connectivity index (χ3n) is 4.63. The van der Waals surface area contributed by atoms with Gasteiger partial charge in [-0.25, -0.2) is 5.43 Å². The van der Waals surface area contributed by atoms with Crippen LogP contribution in [0.2, 0.25) is 0 Å². The number of hydrogen-bond acceptors (Lipinski definition) is 2. The van der Waals surface area contributed by atoms with E-state index in [0.29, 0.717) is 0 Å². The van der Waals surface area contributed by atoms with Crippen LogP contribution in [0.4, 0.5) is 0 Å². The summed E-state index contributed by atoms with van der Waals surface area (Å²) < 4.78 is 0. The van der Waals surface area contributed by atoms with Gasteiger partial charge < -0.3 is 5.01 Å². The quantitative estimate of drug-likeness (QED) is 0.114. The Bertz CT molecular complexity index is 352. The summed E-state index contributed by atoms with van der Waals surface area (Å²) in [5.74, 6) is 0.735. The van der Waals surface area contributed by atoms with Crippen LogP contribution in [0, 0.1) is 5.92 Å². The molecule has 0 rings (SSSR count). The fourth-order valence-corrected chi connectivity index (χ4v) is 3.28. The SMILES string of the molecule is C=CN(CCP)NCCCCCCCCCCC(C)/C=C\C/C=C\CC. The summed E-state index contributed by atoms with van der Waals surface area (Å²) in [4.78, 5) is 0. The predicted molar refractivity (Wildman–Crippen MR) is 123 cm³/mol. The Morgan fingerprint density at radius 1 is 0.962 bits per heavy atom. The first kappa shape index (κ1) is 25.4. The van der Waals surface area contributed by atoms with E-state index in [4.69, 9.17) is 0 Å². The van der Waals surface area contributed by atoms with Gasteiger partial charge in [-0.15, -0.1) is 9.24 Å². The zero-order chi connectivity index (χ0) is 19.3. The minimum atomic E-state index is 0.735. The number of unbranched alkanes of at least 4 members (excludes halogenated alkanes) is 7. The Balaban J connectivity index is 3.33. The molecule has 0 bridgehead atoms. The number of nitrogens with zero attached hydrogens (tertiary/aromatic N) is 1. The van der Waals surface area contributed by atoms with Gasteiger partial charge in [0.15, 0.2) is 0 Å². The third kappa shape index (κ3) is 18.2. The molecule has 1 N–H and O–H groups in total. The topological polar surface area (TPSA) is 15.3 Å². The minimum Gasteiger partial charge on any atom is -0.316 e. The lowest BCUT2D eigenvalue weighted by molar-refractivity contribution is 0.283. The molecule has 3 heteroatoms. The average molecular weight is 381 g/mol. The Hall–Kier alpha value is -0.590. The molecule has 0 aliphatic rings. The Morgan fingerprint density at radius 3 is 2.23 bits per heavy atom. The lowest BCUT2D eigenvalue weighted by Gasteiger charge is -2.20. The van der Waals surface area contributed by atoms with E-state index in [-0.39, 0.29) is 0 Å². The number of allylic oxidation sites excluding steroid dienone is 4. The van der Waals surface area contributed by atoms with E-state index in [0.717, 1.165) is 38.0 Å². The van der Waals surface area contributed by atoms with Crippen LogP contribution in [0.1, 0.15) is 84.5 Å². The Labute approximate surface area is 166 Å². The summed E-state index contributed by atoms with van der Waals surface area (Å²) in [7, 11) is 2.75. The van der Waals surface area contributed by atoms with Crippen LogP contribution in [0.3, 0.4) is 0 Å². The number of rotatable bonds is 19. The molecule has 0 aliphatic carbocycles. The smallest absolute Gasteiger partial charge is 0.0372 e. The molecule has 0 aromatic carbocycles. The highest BCUT2D eigenvalue weighted by Gasteiger charge is 1.98. The van der Waals surface area contributed by atoms with Crippen molar-refractivity contribution in [2.75, 3.05) is 19.3 Å². The number of nitrogens with one attached hydrogen (secondary N) is 1. The van der Waals surface area contributed by atoms with Crippen molar-refractivity contribution < 1.29 is 0 Å². The molecule has 26 heavy (non-hydrogen) atoms. The van der Waals surface area contributed by atoms with E-state index >= 15 is 0 Å². The average Bonchev–Trinajstić information content (AvgIpc) is 2.65. The van der Waals surface area contributed by atoms with Crippen molar-refractivity contribution in [1.29, 1.82) is 0 Å². The second-order valence-corrected chi connectivity index (χ2v) is 7.79. The normalized spacial score (nSPS) is 12.9. The molecular formula is C23H45N2P. The van der Waals surface area contributed by atoms with Gasteiger partial charge >= 0.3 is 0 Å². The van der Waals surface area contributed by atoms with Gasteiger partial charge in [0.25, 0.3) is 0 Å². The second kappa shape index (κ2) is 20.7. The van der Waals surface area contributed by atoms with E-state index in [1.807, 2.05) is 6.20 Å². The molecule has 2 atom stereocenters. The molecule has 0 aromatic heterocycles. The van der Waals surface area contributed by atoms with Crippen LogP contribution in [0.15, 0.2) is 37.1 Å². The van der Waals surface area contributed by atoms with Crippen molar-refractivity contribution >= 4 is 9.24 Å². The van der Waals surface area contributed by atoms with Gasteiger partial charge in [-0.05, 0) is 37.8 Å². The highest BCUT2D eigenvalue weighted by molar-refractivity contribution is 7.16. The van der Waals surface area contributed by atoms with Crippen LogP contribution in [-0.2, 0) is 0 Å². The molecule has 0 aromatic rings. The molecule has 0 aliphatic heterocycles. The zero-order valence-electron chi connectivity index (χ0n) is 17.6. The van der Waals surface area contributed by atoms with E-state index < -0.39 is 0 Å². The van der Waals surface area contributed by atoms with E-state index in [9.17, 15) is 0 Å². The summed E-state index contributed by atoms with van der Waals surface area (Å²) in [6.07, 6.45) is 26.7. The molecule has 0 radical (unpaired) electrons. The maximum Gasteiger partial charge on any atom is 0.0372 e. The minimum absolute atomic E-state index is 0.735. The monoisotopic (exact) mass is 380 g/mol. The van der Waals surface area contributed by atoms with Gasteiger partial charge in [-0.1, -0.05) is 89.7 Å². The first-order valence-corrected chi connectivity index (χ1v) is 11.7. The van der Waals surface area contributed by atoms with E-state index in [2.05, 4.69) is 64.4 Å². The van der Waals surface area contributed by atoms with Crippen LogP contribution >= 0.6 is 9.24 Å². The van der Waals surface area contributed by atoms with E-state index in [1.165, 1.54) is 57.8 Å². The zero-order valence-corrected chi connectivity index (χ0v) is 18.7. The molecule has 152 valence electrons. The highest BCUT2D eigenvalue weighted by Crippen LogP contribution is 2.14. The summed E-state index contributed by atoms with van der Waals surface area (Å²) in [6, 6.07) is 0. The molecule has 0 amide bonds. The highest BCUT2D eigenvalue weighted by atomic mass is 31.0. The van der Waals surface area contributed by atoms with Gasteiger partial charge in [0, 0.05) is 19.3 Å². The van der Waals surface area contributed by atoms with Gasteiger partial charge in [-0.2, -0.15) is 0 Å². The van der Waals surface area contributed by atoms with Gasteiger partial charge in [-0.3, -0.25) is 0 Å². The molecule has 2 nitrogen and oxygen atoms in total. The lowest BCUT2D eigenvalue weighted by atomic mass is 10.0. The van der Waals surface area contributed by atoms with Crippen LogP contribution < -0.4 is 5.43 Å². The number of hydrazine groups is 1. The van der Waals surface area contributed by atoms with Crippen LogP contribution in [-0.4, -0.2) is 24.3 Å². The summed E-state index contributed by atoms with van der Waals surface area (Å²) in [5, 5.41) is 2.09. The molecule has 0 saturated carbocycles. The van der Waals surface area contributed by atoms with Crippen molar-refractivity contribution in [3.8, 4) is 0 Å². The first-order chi connectivity index (χ1) is 12.7. The summed E-state index contributed by atoms with van der Waals surface area (Å²) >= 11 is 0. The van der Waals surface area contributed by atoms with Crippen LogP contribution in [0.5, 0.6) is 0 Å². The van der Waals surface area contributed by atoms with Gasteiger partial charge in [0.1, 0.15) is 0 Å². The fourth-order valence-electron chi connectivity index (χ4n) is 3.00. The molecular weight excluding hydrogens is 335 g/mol. The standard InChI is InChI=1S/C23H45N2P/c1-4-6-7-12-15-18-23(3)19-16-13-10-8-9-11-14-17-20-24-25(5-2)21-22-26/h5-7,15,18,23-24H,2,4,8-14,16-17,19-22,26H2,1,3H3/b7-6-,18-15-. The maximum absolute atomic E-state index is 3.83. The number of hydrogen-bond donors (Lipinski definition) is 1. The van der Waals surface area contributed by atoms with Crippen LogP contribution in [0.25, 0.3) is 0 Å². The van der Waals surface area contributed by atoms with Gasteiger partial charge in [0.05, 0.1) is 0 Å². The van der Waals surface area contributed by atoms with Crippen molar-refractivity contribution in [2.45, 2.75) is 84.5 Å². The molecule has 0 saturated heterocycles. The van der Waals surface area contributed by atoms with Gasteiger partial charge in [0.2, 0.25) is 0 Å².